The number of rotatable bonds is 6. The Balaban J connectivity index is 2.02. The highest BCUT2D eigenvalue weighted by molar-refractivity contribution is 5.97. The van der Waals surface area contributed by atoms with Crippen molar-refractivity contribution in [1.82, 2.24) is 10.2 Å². The van der Waals surface area contributed by atoms with Crippen LogP contribution in [0.2, 0.25) is 0 Å². The lowest BCUT2D eigenvalue weighted by atomic mass is 10.0. The molecular weight excluding hydrogens is 268 g/mol. The van der Waals surface area contributed by atoms with Gasteiger partial charge in [0.1, 0.15) is 0 Å². The van der Waals surface area contributed by atoms with Crippen LogP contribution in [0.4, 0.5) is 0 Å². The Morgan fingerprint density at radius 1 is 1.24 bits per heavy atom. The van der Waals surface area contributed by atoms with Crippen molar-refractivity contribution in [3.05, 3.63) is 23.8 Å². The number of benzene rings is 1. The van der Waals surface area contributed by atoms with Crippen LogP contribution >= 0.6 is 0 Å². The van der Waals surface area contributed by atoms with Crippen LogP contribution in [0.3, 0.4) is 0 Å². The lowest BCUT2D eigenvalue weighted by molar-refractivity contribution is 0.0917. The summed E-state index contributed by atoms with van der Waals surface area (Å²) in [5.41, 5.74) is 0.676. The first-order valence-electron chi connectivity index (χ1n) is 7.35. The third-order valence-electron chi connectivity index (χ3n) is 3.96. The average molecular weight is 292 g/mol. The minimum atomic E-state index is 0.141. The third-order valence-corrected chi connectivity index (χ3v) is 3.96. The predicted molar refractivity (Wildman–Crippen MR) is 82.4 cm³/mol. The van der Waals surface area contributed by atoms with E-state index < -0.39 is 0 Å². The summed E-state index contributed by atoms with van der Waals surface area (Å²) in [5.74, 6) is 1.38. The quantitative estimate of drug-likeness (QED) is 0.807. The van der Waals surface area contributed by atoms with Crippen molar-refractivity contribution in [1.29, 1.82) is 0 Å². The zero-order valence-electron chi connectivity index (χ0n) is 13.0. The van der Waals surface area contributed by atoms with Crippen LogP contribution < -0.4 is 14.8 Å². The van der Waals surface area contributed by atoms with Crippen molar-refractivity contribution in [2.24, 2.45) is 0 Å². The zero-order valence-corrected chi connectivity index (χ0v) is 13.0. The van der Waals surface area contributed by atoms with Gasteiger partial charge in [-0.1, -0.05) is 0 Å². The smallest absolute Gasteiger partial charge is 0.164 e. The molecule has 1 aromatic carbocycles. The molecular formula is C16H24N2O3. The number of hydrogen-bond acceptors (Lipinski definition) is 5. The lowest BCUT2D eigenvalue weighted by Gasteiger charge is -2.32. The normalized spacial score (nSPS) is 17.3. The fourth-order valence-corrected chi connectivity index (χ4v) is 2.65. The monoisotopic (exact) mass is 292 g/mol. The van der Waals surface area contributed by atoms with Gasteiger partial charge in [0.2, 0.25) is 0 Å². The number of nitrogens with one attached hydrogen (secondary N) is 1. The van der Waals surface area contributed by atoms with E-state index in [2.05, 4.69) is 17.1 Å². The highest BCUT2D eigenvalue weighted by atomic mass is 16.5. The maximum Gasteiger partial charge on any atom is 0.164 e. The van der Waals surface area contributed by atoms with Crippen LogP contribution in [0.15, 0.2) is 18.2 Å². The molecule has 1 aliphatic rings. The van der Waals surface area contributed by atoms with Gasteiger partial charge in [-0.2, -0.15) is 0 Å². The van der Waals surface area contributed by atoms with E-state index in [1.54, 1.807) is 32.4 Å². The summed E-state index contributed by atoms with van der Waals surface area (Å²) >= 11 is 0. The second-order valence-electron chi connectivity index (χ2n) is 5.33. The van der Waals surface area contributed by atoms with Gasteiger partial charge < -0.3 is 14.8 Å². The van der Waals surface area contributed by atoms with Crippen LogP contribution in [0.25, 0.3) is 0 Å². The molecule has 1 heterocycles. The van der Waals surface area contributed by atoms with Crippen LogP contribution in [0, 0.1) is 0 Å². The van der Waals surface area contributed by atoms with Gasteiger partial charge in [0, 0.05) is 44.2 Å². The Morgan fingerprint density at radius 3 is 2.52 bits per heavy atom. The number of nitrogens with zero attached hydrogens (tertiary/aromatic N) is 1. The van der Waals surface area contributed by atoms with Gasteiger partial charge in [-0.05, 0) is 25.1 Å². The minimum absolute atomic E-state index is 0.141. The van der Waals surface area contributed by atoms with E-state index in [9.17, 15) is 4.79 Å². The predicted octanol–water partition coefficient (Wildman–Crippen LogP) is 1.57. The fraction of sp³-hybridized carbons (Fsp3) is 0.562. The first kappa shape index (κ1) is 15.8. The highest BCUT2D eigenvalue weighted by Gasteiger charge is 2.20. The number of hydrogen-bond donors (Lipinski definition) is 1. The largest absolute Gasteiger partial charge is 0.493 e. The van der Waals surface area contributed by atoms with Crippen molar-refractivity contribution in [3.63, 3.8) is 0 Å². The van der Waals surface area contributed by atoms with Gasteiger partial charge >= 0.3 is 0 Å². The van der Waals surface area contributed by atoms with Gasteiger partial charge in [0.05, 0.1) is 14.2 Å². The number of methoxy groups -OCH3 is 2. The third kappa shape index (κ3) is 3.95. The van der Waals surface area contributed by atoms with Crippen molar-refractivity contribution in [3.8, 4) is 11.5 Å². The molecule has 0 radical (unpaired) electrons. The molecule has 1 aliphatic heterocycles. The summed E-state index contributed by atoms with van der Waals surface area (Å²) in [6, 6.07) is 5.59. The van der Waals surface area contributed by atoms with Crippen molar-refractivity contribution in [2.75, 3.05) is 40.4 Å². The molecule has 0 bridgehead atoms. The molecule has 2 rings (SSSR count). The maximum absolute atomic E-state index is 12.4. The summed E-state index contributed by atoms with van der Waals surface area (Å²) in [7, 11) is 3.17. The van der Waals surface area contributed by atoms with Crippen LogP contribution in [-0.4, -0.2) is 57.1 Å². The van der Waals surface area contributed by atoms with E-state index >= 15 is 0 Å². The summed E-state index contributed by atoms with van der Waals surface area (Å²) in [5, 5.41) is 3.33. The number of carbonyl (C=O) groups is 1. The number of ether oxygens (including phenoxy) is 2. The molecule has 1 unspecified atom stereocenters. The summed E-state index contributed by atoms with van der Waals surface area (Å²) in [6.45, 7) is 6.11. The molecule has 1 aromatic rings. The number of piperazine rings is 1. The topological polar surface area (TPSA) is 50.8 Å². The Morgan fingerprint density at radius 2 is 1.90 bits per heavy atom. The number of Topliss-reactive ketones (excluding diaryl/α,β-unsaturated/α-hetero) is 1. The van der Waals surface area contributed by atoms with E-state index in [0.717, 1.165) is 26.2 Å². The molecule has 0 aliphatic carbocycles. The van der Waals surface area contributed by atoms with Gasteiger partial charge in [-0.15, -0.1) is 0 Å². The van der Waals surface area contributed by atoms with E-state index in [0.29, 0.717) is 23.5 Å². The molecule has 1 N–H and O–H groups in total. The molecule has 0 saturated carbocycles. The van der Waals surface area contributed by atoms with Crippen LogP contribution in [0.1, 0.15) is 23.7 Å². The van der Waals surface area contributed by atoms with E-state index in [1.165, 1.54) is 0 Å². The van der Waals surface area contributed by atoms with Gasteiger partial charge in [0.25, 0.3) is 0 Å². The highest BCUT2D eigenvalue weighted by Crippen LogP contribution is 2.28. The van der Waals surface area contributed by atoms with Gasteiger partial charge in [-0.25, -0.2) is 0 Å². The Kier molecular flexibility index (Phi) is 5.59. The number of ketones is 1. The molecule has 21 heavy (non-hydrogen) atoms. The molecule has 0 amide bonds. The van der Waals surface area contributed by atoms with Crippen LogP contribution in [-0.2, 0) is 0 Å². The van der Waals surface area contributed by atoms with Crippen molar-refractivity contribution >= 4 is 5.78 Å². The average Bonchev–Trinajstić information content (AvgIpc) is 2.54. The fourth-order valence-electron chi connectivity index (χ4n) is 2.65. The first-order valence-corrected chi connectivity index (χ1v) is 7.35. The molecule has 1 atom stereocenters. The second kappa shape index (κ2) is 7.43. The van der Waals surface area contributed by atoms with Crippen molar-refractivity contribution in [2.45, 2.75) is 19.4 Å². The number of carbonyl (C=O) groups excluding carboxylic acids is 1. The van der Waals surface area contributed by atoms with Crippen molar-refractivity contribution < 1.29 is 14.3 Å². The van der Waals surface area contributed by atoms with Crippen LogP contribution in [0.5, 0.6) is 11.5 Å². The summed E-state index contributed by atoms with van der Waals surface area (Å²) in [6.07, 6.45) is 0.523. The van der Waals surface area contributed by atoms with Gasteiger partial charge in [-0.3, -0.25) is 9.69 Å². The Labute approximate surface area is 126 Å². The second-order valence-corrected chi connectivity index (χ2v) is 5.33. The SMILES string of the molecule is COc1ccc(C(=O)CC(C)N2CCNCC2)cc1OC. The van der Waals surface area contributed by atoms with E-state index in [-0.39, 0.29) is 11.8 Å². The molecule has 1 fully saturated rings. The van der Waals surface area contributed by atoms with E-state index in [4.69, 9.17) is 9.47 Å². The minimum Gasteiger partial charge on any atom is -0.493 e. The summed E-state index contributed by atoms with van der Waals surface area (Å²) in [4.78, 5) is 14.8. The van der Waals surface area contributed by atoms with E-state index in [1.807, 2.05) is 0 Å². The first-order chi connectivity index (χ1) is 10.2. The standard InChI is InChI=1S/C16H24N2O3/c1-12(18-8-6-17-7-9-18)10-14(19)13-4-5-15(20-2)16(11-13)21-3/h4-5,11-12,17H,6-10H2,1-3H3. The Hall–Kier alpha value is -1.59. The lowest BCUT2D eigenvalue weighted by Crippen LogP contribution is -2.48. The molecule has 5 heteroatoms. The Bertz CT molecular complexity index is 484. The molecule has 1 saturated heterocycles. The van der Waals surface area contributed by atoms with Gasteiger partial charge in [0.15, 0.2) is 17.3 Å². The zero-order chi connectivity index (χ0) is 15.2. The molecule has 5 nitrogen and oxygen atoms in total. The molecule has 0 spiro atoms. The molecule has 116 valence electrons. The summed E-state index contributed by atoms with van der Waals surface area (Å²) < 4.78 is 10.4. The maximum atomic E-state index is 12.4. The molecule has 0 aromatic heterocycles.